The van der Waals surface area contributed by atoms with Gasteiger partial charge in [-0.2, -0.15) is 0 Å². The summed E-state index contributed by atoms with van der Waals surface area (Å²) in [5, 5.41) is 1.90. The van der Waals surface area contributed by atoms with Gasteiger partial charge in [0.1, 0.15) is 0 Å². The molecule has 116 valence electrons. The fourth-order valence-electron chi connectivity index (χ4n) is 3.51. The summed E-state index contributed by atoms with van der Waals surface area (Å²) in [5.41, 5.74) is 0. The molecule has 0 bridgehead atoms. The summed E-state index contributed by atoms with van der Waals surface area (Å²) >= 11 is 1.44. The summed E-state index contributed by atoms with van der Waals surface area (Å²) in [6.45, 7) is 0. The number of hydrogen-bond donors (Lipinski definition) is 0. The van der Waals surface area contributed by atoms with Crippen molar-refractivity contribution in [1.29, 1.82) is 0 Å². The van der Waals surface area contributed by atoms with Gasteiger partial charge in [-0.1, -0.05) is 25.3 Å². The zero-order valence-electron chi connectivity index (χ0n) is 12.0. The molecule has 1 saturated heterocycles. The van der Waals surface area contributed by atoms with E-state index in [2.05, 4.69) is 0 Å². The highest BCUT2D eigenvalue weighted by molar-refractivity contribution is 7.91. The van der Waals surface area contributed by atoms with Gasteiger partial charge in [-0.05, 0) is 30.7 Å². The first-order chi connectivity index (χ1) is 10.1. The van der Waals surface area contributed by atoms with Gasteiger partial charge in [-0.3, -0.25) is 4.79 Å². The molecule has 1 aromatic rings. The quantitative estimate of drug-likeness (QED) is 0.858. The molecular weight excluding hydrogens is 306 g/mol. The molecule has 6 heteroatoms. The van der Waals surface area contributed by atoms with Crippen LogP contribution in [0, 0.1) is 0 Å². The molecule has 0 radical (unpaired) electrons. The Morgan fingerprint density at radius 3 is 2.48 bits per heavy atom. The van der Waals surface area contributed by atoms with E-state index in [1.807, 2.05) is 22.4 Å². The van der Waals surface area contributed by atoms with Crippen LogP contribution in [-0.4, -0.2) is 42.8 Å². The Labute approximate surface area is 130 Å². The summed E-state index contributed by atoms with van der Waals surface area (Å²) in [4.78, 5) is 15.5. The molecule has 0 aromatic carbocycles. The summed E-state index contributed by atoms with van der Waals surface area (Å²) in [6.07, 6.45) is 6.11. The molecule has 2 fully saturated rings. The minimum atomic E-state index is -2.97. The molecule has 2 heterocycles. The van der Waals surface area contributed by atoms with Crippen molar-refractivity contribution < 1.29 is 13.2 Å². The zero-order chi connectivity index (χ0) is 14.9. The molecule has 1 saturated carbocycles. The average Bonchev–Trinajstić information content (AvgIpc) is 3.10. The standard InChI is InChI=1S/C15H21NO3S2/c17-15(14-7-4-9-20-14)16(12-5-2-1-3-6-12)13-8-10-21(18,19)11-13/h4,7,9,12-13H,1-3,5-6,8,10-11H2/t13-/m1/s1. The Morgan fingerprint density at radius 1 is 1.14 bits per heavy atom. The second-order valence-electron chi connectivity index (χ2n) is 6.04. The third-order valence-corrected chi connectivity index (χ3v) is 7.14. The Bertz CT molecular complexity index is 588. The summed E-state index contributed by atoms with van der Waals surface area (Å²) in [6, 6.07) is 3.80. The van der Waals surface area contributed by atoms with Crippen LogP contribution >= 0.6 is 11.3 Å². The Balaban J connectivity index is 1.85. The summed E-state index contributed by atoms with van der Waals surface area (Å²) in [7, 11) is -2.97. The van der Waals surface area contributed by atoms with E-state index >= 15 is 0 Å². The van der Waals surface area contributed by atoms with Crippen molar-refractivity contribution in [3.05, 3.63) is 22.4 Å². The minimum absolute atomic E-state index is 0.0269. The molecule has 1 aromatic heterocycles. The number of sulfone groups is 1. The number of thiophene rings is 1. The molecule has 1 amide bonds. The number of hydrogen-bond acceptors (Lipinski definition) is 4. The number of amides is 1. The van der Waals surface area contributed by atoms with Crippen LogP contribution in [0.1, 0.15) is 48.2 Å². The van der Waals surface area contributed by atoms with E-state index in [0.29, 0.717) is 6.42 Å². The van der Waals surface area contributed by atoms with E-state index in [4.69, 9.17) is 0 Å². The SMILES string of the molecule is O=C(c1cccs1)N(C1CCCCC1)[C@@H]1CCS(=O)(=O)C1. The van der Waals surface area contributed by atoms with Gasteiger partial charge in [-0.15, -0.1) is 11.3 Å². The molecule has 21 heavy (non-hydrogen) atoms. The molecule has 1 atom stereocenters. The van der Waals surface area contributed by atoms with Crippen LogP contribution in [0.2, 0.25) is 0 Å². The highest BCUT2D eigenvalue weighted by Crippen LogP contribution is 2.30. The van der Waals surface area contributed by atoms with Crippen molar-refractivity contribution in [3.8, 4) is 0 Å². The van der Waals surface area contributed by atoms with Crippen LogP contribution in [-0.2, 0) is 9.84 Å². The van der Waals surface area contributed by atoms with Crippen molar-refractivity contribution in [2.75, 3.05) is 11.5 Å². The normalized spacial score (nSPS) is 25.8. The van der Waals surface area contributed by atoms with Crippen molar-refractivity contribution in [2.45, 2.75) is 50.6 Å². The lowest BCUT2D eigenvalue weighted by Gasteiger charge is -2.38. The van der Waals surface area contributed by atoms with Gasteiger partial charge < -0.3 is 4.90 Å². The Hall–Kier alpha value is -0.880. The molecule has 0 N–H and O–H groups in total. The highest BCUT2D eigenvalue weighted by Gasteiger charge is 2.39. The highest BCUT2D eigenvalue weighted by atomic mass is 32.2. The summed E-state index contributed by atoms with van der Waals surface area (Å²) < 4.78 is 23.6. The van der Waals surface area contributed by atoms with E-state index in [1.165, 1.54) is 17.8 Å². The molecule has 0 unspecified atom stereocenters. The number of carbonyl (C=O) groups is 1. The van der Waals surface area contributed by atoms with E-state index in [9.17, 15) is 13.2 Å². The van der Waals surface area contributed by atoms with Crippen LogP contribution in [0.5, 0.6) is 0 Å². The van der Waals surface area contributed by atoms with Gasteiger partial charge in [0.15, 0.2) is 9.84 Å². The fourth-order valence-corrected chi connectivity index (χ4v) is 5.89. The third-order valence-electron chi connectivity index (χ3n) is 4.54. The van der Waals surface area contributed by atoms with Gasteiger partial charge in [0, 0.05) is 12.1 Å². The number of carbonyl (C=O) groups excluding carboxylic acids is 1. The van der Waals surface area contributed by atoms with Crippen LogP contribution in [0.15, 0.2) is 17.5 Å². The molecule has 3 rings (SSSR count). The van der Waals surface area contributed by atoms with Gasteiger partial charge in [0.25, 0.3) is 5.91 Å². The average molecular weight is 327 g/mol. The van der Waals surface area contributed by atoms with Gasteiger partial charge in [-0.25, -0.2) is 8.42 Å². The molecule has 2 aliphatic rings. The van der Waals surface area contributed by atoms with Gasteiger partial charge in [0.2, 0.25) is 0 Å². The first-order valence-corrected chi connectivity index (χ1v) is 10.3. The molecule has 1 aliphatic carbocycles. The van der Waals surface area contributed by atoms with E-state index < -0.39 is 9.84 Å². The van der Waals surface area contributed by atoms with Crippen molar-refractivity contribution in [2.24, 2.45) is 0 Å². The molecule has 1 aliphatic heterocycles. The maximum absolute atomic E-state index is 12.8. The maximum atomic E-state index is 12.8. The Morgan fingerprint density at radius 2 is 1.90 bits per heavy atom. The first kappa shape index (κ1) is 15.0. The second kappa shape index (κ2) is 6.08. The van der Waals surface area contributed by atoms with Crippen molar-refractivity contribution >= 4 is 27.1 Å². The van der Waals surface area contributed by atoms with Crippen molar-refractivity contribution in [3.63, 3.8) is 0 Å². The lowest BCUT2D eigenvalue weighted by Crippen LogP contribution is -2.48. The van der Waals surface area contributed by atoms with E-state index in [-0.39, 0.29) is 29.5 Å². The lowest BCUT2D eigenvalue weighted by atomic mass is 9.92. The smallest absolute Gasteiger partial charge is 0.264 e. The molecule has 0 spiro atoms. The second-order valence-corrected chi connectivity index (χ2v) is 9.21. The van der Waals surface area contributed by atoms with E-state index in [1.54, 1.807) is 0 Å². The van der Waals surface area contributed by atoms with Crippen LogP contribution in [0.3, 0.4) is 0 Å². The first-order valence-electron chi connectivity index (χ1n) is 7.63. The van der Waals surface area contributed by atoms with Crippen LogP contribution in [0.25, 0.3) is 0 Å². The van der Waals surface area contributed by atoms with Gasteiger partial charge >= 0.3 is 0 Å². The zero-order valence-corrected chi connectivity index (χ0v) is 13.7. The van der Waals surface area contributed by atoms with Crippen LogP contribution < -0.4 is 0 Å². The van der Waals surface area contributed by atoms with Gasteiger partial charge in [0.05, 0.1) is 16.4 Å². The monoisotopic (exact) mass is 327 g/mol. The fraction of sp³-hybridized carbons (Fsp3) is 0.667. The predicted molar refractivity (Wildman–Crippen MR) is 84.4 cm³/mol. The number of nitrogens with zero attached hydrogens (tertiary/aromatic N) is 1. The summed E-state index contributed by atoms with van der Waals surface area (Å²) in [5.74, 6) is 0.387. The Kier molecular flexibility index (Phi) is 4.36. The topological polar surface area (TPSA) is 54.5 Å². The maximum Gasteiger partial charge on any atom is 0.264 e. The van der Waals surface area contributed by atoms with Crippen molar-refractivity contribution in [1.82, 2.24) is 4.90 Å². The number of rotatable bonds is 3. The molecular formula is C15H21NO3S2. The largest absolute Gasteiger partial charge is 0.331 e. The predicted octanol–water partition coefficient (Wildman–Crippen LogP) is 2.71. The lowest BCUT2D eigenvalue weighted by molar-refractivity contribution is 0.0547. The van der Waals surface area contributed by atoms with Crippen LogP contribution in [0.4, 0.5) is 0 Å². The molecule has 4 nitrogen and oxygen atoms in total. The minimum Gasteiger partial charge on any atom is -0.331 e. The van der Waals surface area contributed by atoms with E-state index in [0.717, 1.165) is 30.6 Å². The third kappa shape index (κ3) is 3.31.